The first-order valence-corrected chi connectivity index (χ1v) is 7.40. The van der Waals surface area contributed by atoms with E-state index in [1.165, 1.54) is 4.88 Å². The van der Waals surface area contributed by atoms with Crippen LogP contribution >= 0.6 is 36.6 Å². The number of rotatable bonds is 5. The normalized spacial score (nSPS) is 14.8. The van der Waals surface area contributed by atoms with Gasteiger partial charge in [0.2, 0.25) is 0 Å². The number of aromatic nitrogens is 3. The SMILES string of the molecule is Cc1ncsc1CC(S)C(CS)n1ccnc1. The zero-order valence-electron chi connectivity index (χ0n) is 9.52. The van der Waals surface area contributed by atoms with Crippen molar-refractivity contribution in [1.82, 2.24) is 14.5 Å². The highest BCUT2D eigenvalue weighted by molar-refractivity contribution is 7.81. The van der Waals surface area contributed by atoms with Crippen molar-refractivity contribution in [3.05, 3.63) is 34.8 Å². The number of imidazole rings is 1. The number of nitrogens with zero attached hydrogens (tertiary/aromatic N) is 3. The average Bonchev–Trinajstić information content (AvgIpc) is 2.93. The van der Waals surface area contributed by atoms with E-state index in [4.69, 9.17) is 12.6 Å². The summed E-state index contributed by atoms with van der Waals surface area (Å²) in [5.74, 6) is 0.752. The first-order valence-electron chi connectivity index (χ1n) is 5.37. The largest absolute Gasteiger partial charge is 0.332 e. The summed E-state index contributed by atoms with van der Waals surface area (Å²) in [6.45, 7) is 2.04. The number of thiol groups is 2. The van der Waals surface area contributed by atoms with Crippen molar-refractivity contribution >= 4 is 36.6 Å². The topological polar surface area (TPSA) is 30.7 Å². The Morgan fingerprint density at radius 3 is 2.88 bits per heavy atom. The van der Waals surface area contributed by atoms with Crippen LogP contribution in [0.1, 0.15) is 16.6 Å². The van der Waals surface area contributed by atoms with Crippen molar-refractivity contribution in [2.75, 3.05) is 5.75 Å². The zero-order valence-corrected chi connectivity index (χ0v) is 12.1. The predicted octanol–water partition coefficient (Wildman–Crippen LogP) is 2.66. The molecule has 0 saturated heterocycles. The third kappa shape index (κ3) is 3.05. The van der Waals surface area contributed by atoms with Crippen molar-refractivity contribution in [1.29, 1.82) is 0 Å². The molecule has 0 aliphatic rings. The molecule has 0 aliphatic carbocycles. The van der Waals surface area contributed by atoms with Crippen LogP contribution in [0.4, 0.5) is 0 Å². The number of thiazole rings is 1. The lowest BCUT2D eigenvalue weighted by Crippen LogP contribution is -2.22. The van der Waals surface area contributed by atoms with Crippen LogP contribution in [0.25, 0.3) is 0 Å². The highest BCUT2D eigenvalue weighted by atomic mass is 32.1. The Balaban J connectivity index is 2.08. The van der Waals surface area contributed by atoms with E-state index in [1.807, 2.05) is 25.0 Å². The second-order valence-electron chi connectivity index (χ2n) is 3.89. The fourth-order valence-corrected chi connectivity index (χ4v) is 3.74. The van der Waals surface area contributed by atoms with Gasteiger partial charge in [0, 0.05) is 28.3 Å². The van der Waals surface area contributed by atoms with Gasteiger partial charge >= 0.3 is 0 Å². The van der Waals surface area contributed by atoms with E-state index in [9.17, 15) is 0 Å². The van der Waals surface area contributed by atoms with E-state index < -0.39 is 0 Å². The van der Waals surface area contributed by atoms with Gasteiger partial charge in [0.05, 0.1) is 23.6 Å². The van der Waals surface area contributed by atoms with Gasteiger partial charge in [-0.05, 0) is 13.3 Å². The van der Waals surface area contributed by atoms with Crippen LogP contribution in [-0.2, 0) is 6.42 Å². The molecule has 17 heavy (non-hydrogen) atoms. The molecule has 92 valence electrons. The molecule has 0 amide bonds. The molecule has 0 aliphatic heterocycles. The summed E-state index contributed by atoms with van der Waals surface area (Å²) in [6.07, 6.45) is 6.49. The van der Waals surface area contributed by atoms with E-state index in [1.54, 1.807) is 17.5 Å². The molecule has 0 fully saturated rings. The molecule has 2 aromatic heterocycles. The smallest absolute Gasteiger partial charge is 0.0949 e. The van der Waals surface area contributed by atoms with E-state index in [-0.39, 0.29) is 11.3 Å². The van der Waals surface area contributed by atoms with Crippen LogP contribution < -0.4 is 0 Å². The molecule has 2 aromatic rings. The number of aryl methyl sites for hydroxylation is 1. The first-order chi connectivity index (χ1) is 8.22. The lowest BCUT2D eigenvalue weighted by Gasteiger charge is -2.22. The molecular weight excluding hydrogens is 270 g/mol. The average molecular weight is 285 g/mol. The third-order valence-corrected chi connectivity index (χ3v) is 4.64. The van der Waals surface area contributed by atoms with Gasteiger partial charge in [0.25, 0.3) is 0 Å². The summed E-state index contributed by atoms with van der Waals surface area (Å²) in [6, 6.07) is 0.255. The van der Waals surface area contributed by atoms with Crippen molar-refractivity contribution in [2.24, 2.45) is 0 Å². The molecule has 0 aromatic carbocycles. The molecule has 2 rings (SSSR count). The standard InChI is InChI=1S/C11H15N3S3/c1-8-11(17-7-13-8)4-10(16)9(5-15)14-3-2-12-6-14/h2-3,6-7,9-10,15-16H,4-5H2,1H3. The number of hydrogen-bond donors (Lipinski definition) is 2. The summed E-state index contributed by atoms with van der Waals surface area (Å²) in [5.41, 5.74) is 3.00. The van der Waals surface area contributed by atoms with Gasteiger partial charge < -0.3 is 4.57 Å². The molecule has 2 heterocycles. The molecule has 6 heteroatoms. The van der Waals surface area contributed by atoms with Crippen molar-refractivity contribution in [3.8, 4) is 0 Å². The van der Waals surface area contributed by atoms with Crippen LogP contribution in [0, 0.1) is 6.92 Å². The fourth-order valence-electron chi connectivity index (χ4n) is 1.73. The lowest BCUT2D eigenvalue weighted by molar-refractivity contribution is 0.532. The van der Waals surface area contributed by atoms with Crippen LogP contribution in [0.15, 0.2) is 24.2 Å². The molecule has 2 atom stereocenters. The summed E-state index contributed by atoms with van der Waals surface area (Å²) in [4.78, 5) is 9.64. The highest BCUT2D eigenvalue weighted by Crippen LogP contribution is 2.25. The Morgan fingerprint density at radius 1 is 1.53 bits per heavy atom. The zero-order chi connectivity index (χ0) is 12.3. The first kappa shape index (κ1) is 13.0. The van der Waals surface area contributed by atoms with Gasteiger partial charge in [-0.2, -0.15) is 25.3 Å². The highest BCUT2D eigenvalue weighted by Gasteiger charge is 2.20. The van der Waals surface area contributed by atoms with Gasteiger partial charge in [-0.25, -0.2) is 9.97 Å². The molecule has 0 saturated carbocycles. The van der Waals surface area contributed by atoms with Gasteiger partial charge in [0.15, 0.2) is 0 Å². The van der Waals surface area contributed by atoms with Crippen LogP contribution in [0.3, 0.4) is 0 Å². The summed E-state index contributed by atoms with van der Waals surface area (Å²) >= 11 is 10.8. The van der Waals surface area contributed by atoms with Gasteiger partial charge in [0.1, 0.15) is 0 Å². The molecule has 2 unspecified atom stereocenters. The van der Waals surface area contributed by atoms with Crippen LogP contribution in [0.2, 0.25) is 0 Å². The van der Waals surface area contributed by atoms with Gasteiger partial charge in [-0.15, -0.1) is 11.3 Å². The van der Waals surface area contributed by atoms with Crippen molar-refractivity contribution in [2.45, 2.75) is 24.6 Å². The second-order valence-corrected chi connectivity index (χ2v) is 5.86. The molecule has 0 N–H and O–H groups in total. The quantitative estimate of drug-likeness (QED) is 0.828. The van der Waals surface area contributed by atoms with Gasteiger partial charge in [-0.3, -0.25) is 0 Å². The maximum atomic E-state index is 4.71. The minimum Gasteiger partial charge on any atom is -0.332 e. The molecule has 0 bridgehead atoms. The summed E-state index contributed by atoms with van der Waals surface area (Å²) in [7, 11) is 0. The van der Waals surface area contributed by atoms with Crippen LogP contribution in [-0.4, -0.2) is 25.5 Å². The van der Waals surface area contributed by atoms with E-state index >= 15 is 0 Å². The molecule has 0 spiro atoms. The third-order valence-electron chi connectivity index (χ3n) is 2.78. The fraction of sp³-hybridized carbons (Fsp3) is 0.455. The van der Waals surface area contributed by atoms with E-state index in [0.29, 0.717) is 0 Å². The minimum absolute atomic E-state index is 0.223. The van der Waals surface area contributed by atoms with Crippen molar-refractivity contribution in [3.63, 3.8) is 0 Å². The maximum Gasteiger partial charge on any atom is 0.0949 e. The Hall–Kier alpha value is -0.460. The second kappa shape index (κ2) is 5.93. The monoisotopic (exact) mass is 285 g/mol. The Kier molecular flexibility index (Phi) is 4.53. The molecule has 0 radical (unpaired) electrons. The van der Waals surface area contributed by atoms with Gasteiger partial charge in [-0.1, -0.05) is 0 Å². The Morgan fingerprint density at radius 2 is 2.35 bits per heavy atom. The summed E-state index contributed by atoms with van der Waals surface area (Å²) < 4.78 is 2.07. The predicted molar refractivity (Wildman–Crippen MR) is 78.4 cm³/mol. The minimum atomic E-state index is 0.223. The van der Waals surface area contributed by atoms with E-state index in [2.05, 4.69) is 27.2 Å². The lowest BCUT2D eigenvalue weighted by atomic mass is 10.1. The van der Waals surface area contributed by atoms with Crippen LogP contribution in [0.5, 0.6) is 0 Å². The molecular formula is C11H15N3S3. The van der Waals surface area contributed by atoms with Crippen molar-refractivity contribution < 1.29 is 0 Å². The number of hydrogen-bond acceptors (Lipinski definition) is 5. The maximum absolute atomic E-state index is 4.71. The summed E-state index contributed by atoms with van der Waals surface area (Å²) in [5, 5.41) is 0.223. The van der Waals surface area contributed by atoms with E-state index in [0.717, 1.165) is 17.9 Å². The molecule has 3 nitrogen and oxygen atoms in total. The Bertz CT molecular complexity index is 452. The Labute approximate surface area is 116 Å².